The number of nitrogens with zero attached hydrogens (tertiary/aromatic N) is 3. The number of pyridine rings is 1. The maximum Gasteiger partial charge on any atom is 0.156 e. The molecular weight excluding hydrogens is 372 g/mol. The zero-order valence-electron chi connectivity index (χ0n) is 16.7. The molecule has 2 aliphatic carbocycles. The summed E-state index contributed by atoms with van der Waals surface area (Å²) in [7, 11) is 0. The van der Waals surface area contributed by atoms with E-state index in [-0.39, 0.29) is 5.41 Å². The Balaban J connectivity index is 1.64. The van der Waals surface area contributed by atoms with E-state index in [9.17, 15) is 4.79 Å². The Morgan fingerprint density at radius 1 is 1.10 bits per heavy atom. The standard InChI is InChI=1S/C25H24N4O/c30-16-6-15-29-23-17-25(19-7-2-1-3-8-19,20-9-5-14-26-18-20)13-12-22(23)24(28-29)27-21-10-4-11-21/h1-3,5-9,12-16,18,21H,4,10-11,17H2,(H,27,28). The lowest BCUT2D eigenvalue weighted by atomic mass is 9.69. The summed E-state index contributed by atoms with van der Waals surface area (Å²) in [5, 5.41) is 8.39. The van der Waals surface area contributed by atoms with Crippen molar-refractivity contribution in [1.29, 1.82) is 0 Å². The predicted molar refractivity (Wildman–Crippen MR) is 119 cm³/mol. The molecule has 5 heteroatoms. The van der Waals surface area contributed by atoms with Gasteiger partial charge in [-0.05, 0) is 42.5 Å². The molecule has 2 aliphatic rings. The SMILES string of the molecule is O=CC=Cn1nc(NC2CCC2)c2c1CC(c1ccccc1)(c1cccnc1)C=C2. The molecule has 3 aromatic rings. The van der Waals surface area contributed by atoms with Crippen LogP contribution in [0.3, 0.4) is 0 Å². The van der Waals surface area contributed by atoms with Crippen LogP contribution in [0.4, 0.5) is 5.82 Å². The number of benzene rings is 1. The first-order valence-corrected chi connectivity index (χ1v) is 10.5. The van der Waals surface area contributed by atoms with Gasteiger partial charge in [0.25, 0.3) is 0 Å². The Bertz CT molecular complexity index is 1060. The van der Waals surface area contributed by atoms with Crippen molar-refractivity contribution in [3.8, 4) is 0 Å². The highest BCUT2D eigenvalue weighted by atomic mass is 16.1. The zero-order valence-corrected chi connectivity index (χ0v) is 16.7. The second-order valence-electron chi connectivity index (χ2n) is 7.99. The summed E-state index contributed by atoms with van der Waals surface area (Å²) in [5.74, 6) is 0.898. The summed E-state index contributed by atoms with van der Waals surface area (Å²) in [6.07, 6.45) is 16.6. The van der Waals surface area contributed by atoms with Crippen LogP contribution in [-0.2, 0) is 16.6 Å². The van der Waals surface area contributed by atoms with E-state index in [2.05, 4.69) is 52.8 Å². The third kappa shape index (κ3) is 3.16. The lowest BCUT2D eigenvalue weighted by Gasteiger charge is -2.34. The maximum atomic E-state index is 11.0. The van der Waals surface area contributed by atoms with E-state index in [1.165, 1.54) is 30.9 Å². The first kappa shape index (κ1) is 18.6. The van der Waals surface area contributed by atoms with Crippen LogP contribution in [0.2, 0.25) is 0 Å². The van der Waals surface area contributed by atoms with Crippen molar-refractivity contribution in [2.45, 2.75) is 37.1 Å². The zero-order chi connectivity index (χ0) is 20.4. The number of carbonyl (C=O) groups excluding carboxylic acids is 1. The minimum Gasteiger partial charge on any atom is -0.365 e. The van der Waals surface area contributed by atoms with Gasteiger partial charge in [0.05, 0.1) is 5.69 Å². The van der Waals surface area contributed by atoms with Crippen molar-refractivity contribution in [3.63, 3.8) is 0 Å². The number of aromatic nitrogens is 3. The molecule has 0 amide bonds. The van der Waals surface area contributed by atoms with Crippen LogP contribution in [0.1, 0.15) is 41.6 Å². The molecule has 0 spiro atoms. The number of nitrogens with one attached hydrogen (secondary N) is 1. The molecule has 0 aliphatic heterocycles. The third-order valence-electron chi connectivity index (χ3n) is 6.25. The molecule has 0 saturated heterocycles. The van der Waals surface area contributed by atoms with Gasteiger partial charge in [0.15, 0.2) is 5.82 Å². The lowest BCUT2D eigenvalue weighted by Crippen LogP contribution is -2.31. The summed E-state index contributed by atoms with van der Waals surface area (Å²) in [6, 6.07) is 15.1. The van der Waals surface area contributed by atoms with E-state index in [0.29, 0.717) is 6.04 Å². The number of fused-ring (bicyclic) bond motifs is 1. The number of rotatable bonds is 6. The summed E-state index contributed by atoms with van der Waals surface area (Å²) < 4.78 is 1.85. The highest BCUT2D eigenvalue weighted by Gasteiger charge is 2.38. The van der Waals surface area contributed by atoms with Crippen LogP contribution >= 0.6 is 0 Å². The molecule has 1 fully saturated rings. The highest BCUT2D eigenvalue weighted by Crippen LogP contribution is 2.43. The number of hydrogen-bond donors (Lipinski definition) is 1. The molecule has 0 bridgehead atoms. The normalized spacial score (nSPS) is 20.7. The van der Waals surface area contributed by atoms with Crippen LogP contribution < -0.4 is 5.32 Å². The van der Waals surface area contributed by atoms with Crippen LogP contribution in [0, 0.1) is 0 Å². The first-order valence-electron chi connectivity index (χ1n) is 10.5. The second-order valence-corrected chi connectivity index (χ2v) is 7.99. The van der Waals surface area contributed by atoms with Gasteiger partial charge in [0, 0.05) is 42.0 Å². The minimum absolute atomic E-state index is 0.344. The summed E-state index contributed by atoms with van der Waals surface area (Å²) >= 11 is 0. The number of carbonyl (C=O) groups is 1. The molecule has 2 aromatic heterocycles. The fourth-order valence-corrected chi connectivity index (χ4v) is 4.40. The van der Waals surface area contributed by atoms with Crippen molar-refractivity contribution in [3.05, 3.63) is 89.4 Å². The molecule has 1 saturated carbocycles. The fourth-order valence-electron chi connectivity index (χ4n) is 4.40. The van der Waals surface area contributed by atoms with Gasteiger partial charge in [-0.15, -0.1) is 0 Å². The van der Waals surface area contributed by atoms with E-state index in [1.807, 2.05) is 23.0 Å². The molecule has 150 valence electrons. The van der Waals surface area contributed by atoms with Gasteiger partial charge in [-0.2, -0.15) is 5.10 Å². The van der Waals surface area contributed by atoms with Gasteiger partial charge in [-0.1, -0.05) is 48.6 Å². The van der Waals surface area contributed by atoms with Crippen molar-refractivity contribution in [2.75, 3.05) is 5.32 Å². The van der Waals surface area contributed by atoms with E-state index < -0.39 is 0 Å². The van der Waals surface area contributed by atoms with Crippen LogP contribution in [0.25, 0.3) is 12.3 Å². The van der Waals surface area contributed by atoms with Gasteiger partial charge >= 0.3 is 0 Å². The Kier molecular flexibility index (Phi) is 4.79. The van der Waals surface area contributed by atoms with E-state index >= 15 is 0 Å². The predicted octanol–water partition coefficient (Wildman–Crippen LogP) is 4.47. The molecule has 1 unspecified atom stereocenters. The Labute approximate surface area is 176 Å². The van der Waals surface area contributed by atoms with Crippen molar-refractivity contribution >= 4 is 24.4 Å². The summed E-state index contributed by atoms with van der Waals surface area (Å²) in [5.41, 5.74) is 4.19. The van der Waals surface area contributed by atoms with E-state index in [4.69, 9.17) is 5.10 Å². The van der Waals surface area contributed by atoms with Crippen LogP contribution in [-0.4, -0.2) is 27.1 Å². The van der Waals surface area contributed by atoms with E-state index in [1.54, 1.807) is 12.4 Å². The number of anilines is 1. The molecular formula is C25H24N4O. The van der Waals surface area contributed by atoms with Crippen molar-refractivity contribution in [1.82, 2.24) is 14.8 Å². The average molecular weight is 396 g/mol. The minimum atomic E-state index is -0.344. The molecule has 2 heterocycles. The third-order valence-corrected chi connectivity index (χ3v) is 6.25. The lowest BCUT2D eigenvalue weighted by molar-refractivity contribution is -0.104. The Morgan fingerprint density at radius 2 is 1.93 bits per heavy atom. The highest BCUT2D eigenvalue weighted by molar-refractivity contribution is 5.74. The van der Waals surface area contributed by atoms with E-state index in [0.717, 1.165) is 35.3 Å². The Morgan fingerprint density at radius 3 is 2.63 bits per heavy atom. The largest absolute Gasteiger partial charge is 0.365 e. The molecule has 1 N–H and O–H groups in total. The van der Waals surface area contributed by atoms with Gasteiger partial charge in [0.2, 0.25) is 0 Å². The van der Waals surface area contributed by atoms with Crippen LogP contribution in [0.15, 0.2) is 67.0 Å². The number of aldehydes is 1. The molecule has 30 heavy (non-hydrogen) atoms. The fraction of sp³-hybridized carbons (Fsp3) is 0.240. The molecule has 5 rings (SSSR count). The van der Waals surface area contributed by atoms with Gasteiger partial charge in [0.1, 0.15) is 6.29 Å². The quantitative estimate of drug-likeness (QED) is 0.493. The molecule has 0 radical (unpaired) electrons. The first-order chi connectivity index (χ1) is 14.8. The van der Waals surface area contributed by atoms with Gasteiger partial charge in [-0.3, -0.25) is 9.78 Å². The van der Waals surface area contributed by atoms with Crippen molar-refractivity contribution < 1.29 is 4.79 Å². The van der Waals surface area contributed by atoms with Crippen molar-refractivity contribution in [2.24, 2.45) is 0 Å². The maximum absolute atomic E-state index is 11.0. The van der Waals surface area contributed by atoms with Gasteiger partial charge in [-0.25, -0.2) is 4.68 Å². The van der Waals surface area contributed by atoms with Gasteiger partial charge < -0.3 is 5.32 Å². The summed E-state index contributed by atoms with van der Waals surface area (Å²) in [4.78, 5) is 15.4. The second kappa shape index (κ2) is 7.75. The molecule has 5 nitrogen and oxygen atoms in total. The molecule has 1 aromatic carbocycles. The monoisotopic (exact) mass is 396 g/mol. The summed E-state index contributed by atoms with van der Waals surface area (Å²) in [6.45, 7) is 0. The Hall–Kier alpha value is -3.47. The average Bonchev–Trinajstić information content (AvgIpc) is 3.12. The number of allylic oxidation sites excluding steroid dienone is 2. The topological polar surface area (TPSA) is 59.8 Å². The number of hydrogen-bond acceptors (Lipinski definition) is 4. The molecule has 1 atom stereocenters. The smallest absolute Gasteiger partial charge is 0.156 e. The van der Waals surface area contributed by atoms with Crippen LogP contribution in [0.5, 0.6) is 0 Å².